The summed E-state index contributed by atoms with van der Waals surface area (Å²) < 4.78 is 13.2. The Bertz CT molecular complexity index is 521. The van der Waals surface area contributed by atoms with Crippen LogP contribution >= 0.6 is 22.9 Å². The summed E-state index contributed by atoms with van der Waals surface area (Å²) >= 11 is 7.43. The Balaban J connectivity index is 1.99. The molecule has 0 aliphatic carbocycles. The summed E-state index contributed by atoms with van der Waals surface area (Å²) in [5, 5.41) is 6.78. The van der Waals surface area contributed by atoms with Gasteiger partial charge in [0, 0.05) is 22.6 Å². The monoisotopic (exact) mass is 284 g/mol. The smallest absolute Gasteiger partial charge is 0.125 e. The fourth-order valence-electron chi connectivity index (χ4n) is 1.64. The van der Waals surface area contributed by atoms with Crippen molar-refractivity contribution in [3.63, 3.8) is 0 Å². The van der Waals surface area contributed by atoms with E-state index in [0.29, 0.717) is 11.6 Å². The van der Waals surface area contributed by atoms with Crippen LogP contribution in [0.3, 0.4) is 0 Å². The van der Waals surface area contributed by atoms with Crippen LogP contribution in [0.2, 0.25) is 5.02 Å². The molecule has 96 valence electrons. The van der Waals surface area contributed by atoms with Crippen molar-refractivity contribution in [3.8, 4) is 0 Å². The summed E-state index contributed by atoms with van der Waals surface area (Å²) in [6, 6.07) is 4.69. The zero-order valence-electron chi connectivity index (χ0n) is 10.2. The van der Waals surface area contributed by atoms with Crippen molar-refractivity contribution in [2.45, 2.75) is 26.4 Å². The molecule has 2 nitrogen and oxygen atoms in total. The van der Waals surface area contributed by atoms with Gasteiger partial charge in [-0.2, -0.15) is 0 Å². The Morgan fingerprint density at radius 2 is 2.22 bits per heavy atom. The first-order valence-corrected chi connectivity index (χ1v) is 6.91. The highest BCUT2D eigenvalue weighted by Gasteiger charge is 2.09. The minimum absolute atomic E-state index is 0.144. The topological polar surface area (TPSA) is 24.9 Å². The van der Waals surface area contributed by atoms with E-state index in [2.05, 4.69) is 10.3 Å². The highest BCUT2D eigenvalue weighted by molar-refractivity contribution is 7.09. The Kier molecular flexibility index (Phi) is 4.32. The SMILES string of the molecule is Cc1csc(C(C)NCc2cc(F)cc(Cl)c2)n1. The summed E-state index contributed by atoms with van der Waals surface area (Å²) in [5.74, 6) is -0.308. The number of hydrogen-bond donors (Lipinski definition) is 1. The fraction of sp³-hybridized carbons (Fsp3) is 0.308. The van der Waals surface area contributed by atoms with Crippen molar-refractivity contribution in [2.75, 3.05) is 0 Å². The highest BCUT2D eigenvalue weighted by Crippen LogP contribution is 2.19. The van der Waals surface area contributed by atoms with Crippen LogP contribution in [0.4, 0.5) is 4.39 Å². The van der Waals surface area contributed by atoms with Crippen molar-refractivity contribution >= 4 is 22.9 Å². The van der Waals surface area contributed by atoms with Gasteiger partial charge >= 0.3 is 0 Å². The van der Waals surface area contributed by atoms with E-state index in [1.165, 1.54) is 12.1 Å². The Hall–Kier alpha value is -0.970. The molecule has 0 saturated heterocycles. The molecule has 1 aromatic heterocycles. The molecule has 0 spiro atoms. The predicted molar refractivity (Wildman–Crippen MR) is 73.5 cm³/mol. The van der Waals surface area contributed by atoms with Gasteiger partial charge in [-0.05, 0) is 37.6 Å². The van der Waals surface area contributed by atoms with Gasteiger partial charge in [0.25, 0.3) is 0 Å². The molecule has 1 heterocycles. The number of hydrogen-bond acceptors (Lipinski definition) is 3. The fourth-order valence-corrected chi connectivity index (χ4v) is 2.71. The number of nitrogens with zero attached hydrogens (tertiary/aromatic N) is 1. The molecular formula is C13H14ClFN2S. The maximum Gasteiger partial charge on any atom is 0.125 e. The lowest BCUT2D eigenvalue weighted by Gasteiger charge is -2.11. The zero-order chi connectivity index (χ0) is 13.1. The Labute approximate surface area is 115 Å². The molecule has 0 bridgehead atoms. The summed E-state index contributed by atoms with van der Waals surface area (Å²) in [6.07, 6.45) is 0. The van der Waals surface area contributed by atoms with E-state index in [1.54, 1.807) is 17.4 Å². The number of benzene rings is 1. The molecule has 1 aromatic carbocycles. The third-order valence-electron chi connectivity index (χ3n) is 2.54. The minimum atomic E-state index is -0.308. The number of halogens is 2. The van der Waals surface area contributed by atoms with Gasteiger partial charge in [0.1, 0.15) is 10.8 Å². The molecule has 0 radical (unpaired) electrons. The maximum absolute atomic E-state index is 13.2. The van der Waals surface area contributed by atoms with Crippen molar-refractivity contribution in [2.24, 2.45) is 0 Å². The van der Waals surface area contributed by atoms with Gasteiger partial charge in [-0.15, -0.1) is 11.3 Å². The first-order valence-electron chi connectivity index (χ1n) is 5.65. The zero-order valence-corrected chi connectivity index (χ0v) is 11.8. The number of aromatic nitrogens is 1. The first-order chi connectivity index (χ1) is 8.54. The van der Waals surface area contributed by atoms with Crippen LogP contribution in [0, 0.1) is 12.7 Å². The van der Waals surface area contributed by atoms with Gasteiger partial charge in [0.05, 0.1) is 6.04 Å². The molecule has 1 N–H and O–H groups in total. The summed E-state index contributed by atoms with van der Waals surface area (Å²) in [4.78, 5) is 4.41. The normalized spacial score (nSPS) is 12.7. The molecule has 1 atom stereocenters. The molecule has 0 aliphatic rings. The van der Waals surface area contributed by atoms with Crippen molar-refractivity contribution < 1.29 is 4.39 Å². The van der Waals surface area contributed by atoms with Gasteiger partial charge < -0.3 is 5.32 Å². The van der Waals surface area contributed by atoms with Crippen LogP contribution in [0.15, 0.2) is 23.6 Å². The second-order valence-electron chi connectivity index (χ2n) is 4.21. The maximum atomic E-state index is 13.2. The number of nitrogens with one attached hydrogen (secondary N) is 1. The van der Waals surface area contributed by atoms with Gasteiger partial charge in [-0.25, -0.2) is 9.37 Å². The van der Waals surface area contributed by atoms with Crippen molar-refractivity contribution in [1.82, 2.24) is 10.3 Å². The largest absolute Gasteiger partial charge is 0.304 e. The van der Waals surface area contributed by atoms with E-state index in [0.717, 1.165) is 16.3 Å². The van der Waals surface area contributed by atoms with E-state index in [1.807, 2.05) is 19.2 Å². The van der Waals surface area contributed by atoms with Crippen molar-refractivity contribution in [3.05, 3.63) is 50.7 Å². The lowest BCUT2D eigenvalue weighted by atomic mass is 10.2. The van der Waals surface area contributed by atoms with E-state index in [4.69, 9.17) is 11.6 Å². The van der Waals surface area contributed by atoms with Crippen LogP contribution in [0.5, 0.6) is 0 Å². The number of thiazole rings is 1. The average Bonchev–Trinajstić information content (AvgIpc) is 2.71. The van der Waals surface area contributed by atoms with Crippen LogP contribution in [-0.4, -0.2) is 4.98 Å². The van der Waals surface area contributed by atoms with Crippen LogP contribution in [-0.2, 0) is 6.54 Å². The lowest BCUT2D eigenvalue weighted by Crippen LogP contribution is -2.18. The molecule has 2 rings (SSSR count). The van der Waals surface area contributed by atoms with E-state index in [9.17, 15) is 4.39 Å². The molecule has 18 heavy (non-hydrogen) atoms. The molecule has 0 saturated carbocycles. The average molecular weight is 285 g/mol. The van der Waals surface area contributed by atoms with Crippen molar-refractivity contribution in [1.29, 1.82) is 0 Å². The van der Waals surface area contributed by atoms with Crippen LogP contribution in [0.1, 0.15) is 29.2 Å². The molecule has 0 fully saturated rings. The first kappa shape index (κ1) is 13.5. The molecule has 5 heteroatoms. The van der Waals surface area contributed by atoms with E-state index < -0.39 is 0 Å². The Morgan fingerprint density at radius 3 is 2.83 bits per heavy atom. The second-order valence-corrected chi connectivity index (χ2v) is 5.53. The Morgan fingerprint density at radius 1 is 1.44 bits per heavy atom. The van der Waals surface area contributed by atoms with E-state index in [-0.39, 0.29) is 11.9 Å². The predicted octanol–water partition coefficient (Wildman–Crippen LogP) is 4.09. The molecule has 0 amide bonds. The molecule has 0 aliphatic heterocycles. The quantitative estimate of drug-likeness (QED) is 0.914. The summed E-state index contributed by atoms with van der Waals surface area (Å²) in [7, 11) is 0. The van der Waals surface area contributed by atoms with E-state index >= 15 is 0 Å². The summed E-state index contributed by atoms with van der Waals surface area (Å²) in [5.41, 5.74) is 1.86. The standard InChI is InChI=1S/C13H14ClFN2S/c1-8-7-18-13(17-8)9(2)16-6-10-3-11(14)5-12(15)4-10/h3-5,7,9,16H,6H2,1-2H3. The number of aryl methyl sites for hydroxylation is 1. The van der Waals surface area contributed by atoms with Gasteiger partial charge in [-0.3, -0.25) is 0 Å². The molecule has 2 aromatic rings. The van der Waals surface area contributed by atoms with Gasteiger partial charge in [-0.1, -0.05) is 11.6 Å². The lowest BCUT2D eigenvalue weighted by molar-refractivity contribution is 0.566. The summed E-state index contributed by atoms with van der Waals surface area (Å²) in [6.45, 7) is 4.58. The molecular weight excluding hydrogens is 271 g/mol. The third kappa shape index (κ3) is 3.51. The van der Waals surface area contributed by atoms with Crippen LogP contribution < -0.4 is 5.32 Å². The second kappa shape index (κ2) is 5.78. The number of rotatable bonds is 4. The highest BCUT2D eigenvalue weighted by atomic mass is 35.5. The van der Waals surface area contributed by atoms with Gasteiger partial charge in [0.15, 0.2) is 0 Å². The van der Waals surface area contributed by atoms with Crippen LogP contribution in [0.25, 0.3) is 0 Å². The van der Waals surface area contributed by atoms with Gasteiger partial charge in [0.2, 0.25) is 0 Å². The third-order valence-corrected chi connectivity index (χ3v) is 3.91. The minimum Gasteiger partial charge on any atom is -0.304 e. The molecule has 1 unspecified atom stereocenters.